The minimum absolute atomic E-state index is 0.204. The maximum absolute atomic E-state index is 12.6. The first-order valence-electron chi connectivity index (χ1n) is 3.48. The van der Waals surface area contributed by atoms with E-state index >= 15 is 0 Å². The zero-order valence-electron chi connectivity index (χ0n) is 6.51. The molecule has 0 spiro atoms. The van der Waals surface area contributed by atoms with E-state index in [-0.39, 0.29) is 4.90 Å². The number of hydrogen-bond acceptors (Lipinski definition) is 1. The van der Waals surface area contributed by atoms with E-state index in [2.05, 4.69) is 0 Å². The highest BCUT2D eigenvalue weighted by atomic mass is 32.2. The van der Waals surface area contributed by atoms with Crippen LogP contribution >= 0.6 is 0 Å². The van der Waals surface area contributed by atoms with Crippen LogP contribution in [-0.2, 0) is 10.8 Å². The molecule has 0 saturated carbocycles. The molecule has 4 heteroatoms. The van der Waals surface area contributed by atoms with E-state index < -0.39 is 22.4 Å². The molecule has 1 rings (SSSR count). The van der Waals surface area contributed by atoms with Crippen molar-refractivity contribution in [3.8, 4) is 0 Å². The van der Waals surface area contributed by atoms with Gasteiger partial charge in [-0.05, 0) is 12.1 Å². The Bertz CT molecular complexity index is 292. The third kappa shape index (κ3) is 2.11. The Labute approximate surface area is 71.9 Å². The molecule has 1 aromatic carbocycles. The highest BCUT2D eigenvalue weighted by molar-refractivity contribution is 7.85. The maximum Gasteiger partial charge on any atom is 0.127 e. The van der Waals surface area contributed by atoms with E-state index in [0.717, 1.165) is 18.2 Å². The molecule has 0 N–H and O–H groups in total. The van der Waals surface area contributed by atoms with Gasteiger partial charge in [0.25, 0.3) is 0 Å². The molecule has 1 atom stereocenters. The van der Waals surface area contributed by atoms with E-state index in [1.807, 2.05) is 0 Å². The van der Waals surface area contributed by atoms with E-state index in [1.165, 1.54) is 0 Å². The van der Waals surface area contributed by atoms with Crippen molar-refractivity contribution in [2.24, 2.45) is 0 Å². The largest absolute Gasteiger partial charge is 0.254 e. The minimum atomic E-state index is -1.29. The smallest absolute Gasteiger partial charge is 0.127 e. The van der Waals surface area contributed by atoms with Crippen LogP contribution in [0.1, 0.15) is 6.92 Å². The third-order valence-electron chi connectivity index (χ3n) is 1.36. The molecule has 0 radical (unpaired) electrons. The molecular formula is C8H8F2OS. The van der Waals surface area contributed by atoms with E-state index in [1.54, 1.807) is 6.92 Å². The summed E-state index contributed by atoms with van der Waals surface area (Å²) in [6.45, 7) is 1.69. The van der Waals surface area contributed by atoms with Gasteiger partial charge >= 0.3 is 0 Å². The summed E-state index contributed by atoms with van der Waals surface area (Å²) in [6.07, 6.45) is 0. The molecule has 1 aromatic rings. The molecule has 0 aliphatic rings. The second-order valence-electron chi connectivity index (χ2n) is 2.24. The van der Waals surface area contributed by atoms with Crippen molar-refractivity contribution in [3.05, 3.63) is 29.8 Å². The van der Waals surface area contributed by atoms with Crippen molar-refractivity contribution in [1.29, 1.82) is 0 Å². The summed E-state index contributed by atoms with van der Waals surface area (Å²) in [4.78, 5) is 0.204. The lowest BCUT2D eigenvalue weighted by atomic mass is 10.3. The van der Waals surface area contributed by atoms with Crippen LogP contribution in [0.4, 0.5) is 8.78 Å². The molecule has 0 bridgehead atoms. The summed E-state index contributed by atoms with van der Waals surface area (Å²) in [5.74, 6) is -1.01. The molecule has 0 aliphatic heterocycles. The number of rotatable bonds is 2. The van der Waals surface area contributed by atoms with Crippen molar-refractivity contribution in [2.45, 2.75) is 11.8 Å². The lowest BCUT2D eigenvalue weighted by Crippen LogP contribution is -1.95. The fraction of sp³-hybridized carbons (Fsp3) is 0.250. The predicted octanol–water partition coefficient (Wildman–Crippen LogP) is 2.09. The normalized spacial score (nSPS) is 12.9. The SMILES string of the molecule is CCS(=O)c1cc(F)cc(F)c1. The predicted molar refractivity (Wildman–Crippen MR) is 43.3 cm³/mol. The Morgan fingerprint density at radius 3 is 2.17 bits per heavy atom. The topological polar surface area (TPSA) is 17.1 Å². The van der Waals surface area contributed by atoms with Gasteiger partial charge in [-0.25, -0.2) is 8.78 Å². The number of benzene rings is 1. The second kappa shape index (κ2) is 3.76. The molecule has 1 unspecified atom stereocenters. The molecule has 0 amide bonds. The quantitative estimate of drug-likeness (QED) is 0.698. The van der Waals surface area contributed by atoms with Gasteiger partial charge in [0.15, 0.2) is 0 Å². The monoisotopic (exact) mass is 190 g/mol. The van der Waals surface area contributed by atoms with Crippen molar-refractivity contribution < 1.29 is 13.0 Å². The van der Waals surface area contributed by atoms with Gasteiger partial charge < -0.3 is 0 Å². The van der Waals surface area contributed by atoms with Crippen LogP contribution in [0.3, 0.4) is 0 Å². The van der Waals surface area contributed by atoms with Crippen molar-refractivity contribution >= 4 is 10.8 Å². The third-order valence-corrected chi connectivity index (χ3v) is 2.65. The first-order chi connectivity index (χ1) is 5.63. The number of hydrogen-bond donors (Lipinski definition) is 0. The Morgan fingerprint density at radius 1 is 1.25 bits per heavy atom. The van der Waals surface area contributed by atoms with Crippen molar-refractivity contribution in [2.75, 3.05) is 5.75 Å². The highest BCUT2D eigenvalue weighted by Crippen LogP contribution is 2.11. The van der Waals surface area contributed by atoms with Crippen molar-refractivity contribution in [1.82, 2.24) is 0 Å². The molecule has 12 heavy (non-hydrogen) atoms. The summed E-state index contributed by atoms with van der Waals surface area (Å²) in [7, 11) is -1.29. The van der Waals surface area contributed by atoms with Gasteiger partial charge in [-0.15, -0.1) is 0 Å². The molecule has 0 heterocycles. The van der Waals surface area contributed by atoms with Gasteiger partial charge in [0.05, 0.1) is 10.8 Å². The van der Waals surface area contributed by atoms with E-state index in [9.17, 15) is 13.0 Å². The van der Waals surface area contributed by atoms with Crippen LogP contribution in [0.25, 0.3) is 0 Å². The molecular weight excluding hydrogens is 182 g/mol. The van der Waals surface area contributed by atoms with Crippen LogP contribution < -0.4 is 0 Å². The minimum Gasteiger partial charge on any atom is -0.254 e. The van der Waals surface area contributed by atoms with Crippen LogP contribution in [0.5, 0.6) is 0 Å². The van der Waals surface area contributed by atoms with Gasteiger partial charge in [-0.2, -0.15) is 0 Å². The summed E-state index contributed by atoms with van der Waals surface area (Å²) >= 11 is 0. The van der Waals surface area contributed by atoms with Crippen LogP contribution in [0.2, 0.25) is 0 Å². The first kappa shape index (κ1) is 9.32. The summed E-state index contributed by atoms with van der Waals surface area (Å²) in [6, 6.07) is 2.93. The lowest BCUT2D eigenvalue weighted by Gasteiger charge is -1.98. The molecule has 0 aromatic heterocycles. The lowest BCUT2D eigenvalue weighted by molar-refractivity contribution is 0.576. The van der Waals surface area contributed by atoms with Crippen LogP contribution in [0.15, 0.2) is 23.1 Å². The average molecular weight is 190 g/mol. The van der Waals surface area contributed by atoms with Crippen LogP contribution in [-0.4, -0.2) is 9.96 Å². The van der Waals surface area contributed by atoms with Crippen LogP contribution in [0, 0.1) is 11.6 Å². The fourth-order valence-corrected chi connectivity index (χ4v) is 1.65. The van der Waals surface area contributed by atoms with E-state index in [4.69, 9.17) is 0 Å². The molecule has 1 nitrogen and oxygen atoms in total. The Balaban J connectivity index is 3.08. The van der Waals surface area contributed by atoms with Gasteiger partial charge in [0, 0.05) is 16.7 Å². The summed E-state index contributed by atoms with van der Waals surface area (Å²) in [5, 5.41) is 0. The molecule has 0 aliphatic carbocycles. The highest BCUT2D eigenvalue weighted by Gasteiger charge is 2.04. The molecule has 66 valence electrons. The Hall–Kier alpha value is -0.770. The zero-order valence-corrected chi connectivity index (χ0v) is 7.33. The Kier molecular flexibility index (Phi) is 2.92. The summed E-state index contributed by atoms with van der Waals surface area (Å²) < 4.78 is 36.2. The number of halogens is 2. The van der Waals surface area contributed by atoms with Gasteiger partial charge in [-0.3, -0.25) is 4.21 Å². The van der Waals surface area contributed by atoms with Gasteiger partial charge in [-0.1, -0.05) is 6.92 Å². The maximum atomic E-state index is 12.6. The fourth-order valence-electron chi connectivity index (χ4n) is 0.827. The summed E-state index contributed by atoms with van der Waals surface area (Å²) in [5.41, 5.74) is 0. The average Bonchev–Trinajstić information content (AvgIpc) is 2.01. The molecule has 0 saturated heterocycles. The zero-order chi connectivity index (χ0) is 9.14. The van der Waals surface area contributed by atoms with Crippen molar-refractivity contribution in [3.63, 3.8) is 0 Å². The molecule has 0 fully saturated rings. The van der Waals surface area contributed by atoms with Gasteiger partial charge in [0.1, 0.15) is 11.6 Å². The van der Waals surface area contributed by atoms with E-state index in [0.29, 0.717) is 5.75 Å². The van der Waals surface area contributed by atoms with Gasteiger partial charge in [0.2, 0.25) is 0 Å². The Morgan fingerprint density at radius 2 is 1.75 bits per heavy atom. The second-order valence-corrected chi connectivity index (χ2v) is 3.98. The first-order valence-corrected chi connectivity index (χ1v) is 4.80. The standard InChI is InChI=1S/C8H8F2OS/c1-2-12(11)8-4-6(9)3-7(10)5-8/h3-5H,2H2,1H3.